The maximum Gasteiger partial charge on any atom is 0.170 e. The normalized spacial score (nSPS) is 13.4. The third-order valence-electron chi connectivity index (χ3n) is 0.979. The number of hydrogen-bond acceptors (Lipinski definition) is 5. The highest BCUT2D eigenvalue weighted by Crippen LogP contribution is 2.19. The van der Waals surface area contributed by atoms with Crippen LogP contribution in [0.5, 0.6) is 0 Å². The van der Waals surface area contributed by atoms with Crippen LogP contribution in [-0.4, -0.2) is 21.2 Å². The van der Waals surface area contributed by atoms with Gasteiger partial charge in [-0.25, -0.2) is 4.98 Å². The summed E-state index contributed by atoms with van der Waals surface area (Å²) in [6.07, 6.45) is 0. The van der Waals surface area contributed by atoms with Gasteiger partial charge in [-0.3, -0.25) is 0 Å². The van der Waals surface area contributed by atoms with E-state index in [1.54, 1.807) is 11.8 Å². The molecule has 1 aromatic heterocycles. The molecule has 0 amide bonds. The molecule has 1 aromatic rings. The molecule has 5 heteroatoms. The van der Waals surface area contributed by atoms with E-state index in [4.69, 9.17) is 5.73 Å². The highest BCUT2D eigenvalue weighted by atomic mass is 32.2. The molecule has 0 aliphatic rings. The minimum atomic E-state index is 0.226. The summed E-state index contributed by atoms with van der Waals surface area (Å²) in [5.74, 6) is 1.76. The van der Waals surface area contributed by atoms with Gasteiger partial charge in [0.05, 0.1) is 0 Å². The van der Waals surface area contributed by atoms with Crippen molar-refractivity contribution in [3.63, 3.8) is 0 Å². The Balaban J connectivity index is 2.39. The van der Waals surface area contributed by atoms with E-state index in [-0.39, 0.29) is 6.04 Å². The molecule has 11 heavy (non-hydrogen) atoms. The Kier molecular flexibility index (Phi) is 3.29. The highest BCUT2D eigenvalue weighted by molar-refractivity contribution is 8.00. The molecule has 1 heterocycles. The zero-order chi connectivity index (χ0) is 8.27. The number of aromatic nitrogens is 2. The molecule has 0 aliphatic heterocycles. The van der Waals surface area contributed by atoms with Gasteiger partial charge in [0.1, 0.15) is 5.82 Å². The summed E-state index contributed by atoms with van der Waals surface area (Å²) in [7, 11) is 0. The molecule has 0 unspecified atom stereocenters. The van der Waals surface area contributed by atoms with Crippen molar-refractivity contribution in [2.45, 2.75) is 24.2 Å². The number of thioether (sulfide) groups is 1. The van der Waals surface area contributed by atoms with Gasteiger partial charge in [-0.1, -0.05) is 11.8 Å². The predicted molar refractivity (Wildman–Crippen MR) is 49.0 cm³/mol. The van der Waals surface area contributed by atoms with Gasteiger partial charge < -0.3 is 5.73 Å². The zero-order valence-corrected chi connectivity index (χ0v) is 8.21. The van der Waals surface area contributed by atoms with Crippen LogP contribution in [0.2, 0.25) is 0 Å². The van der Waals surface area contributed by atoms with Crippen molar-refractivity contribution in [2.24, 2.45) is 5.73 Å². The fourth-order valence-electron chi connectivity index (χ4n) is 0.539. The standard InChI is InChI=1S/C6H11N3S2/c1-4(7)3-10-6-8-5(2)9-11-6/h4H,3,7H2,1-2H3/t4-/m1/s1. The first-order valence-corrected chi connectivity index (χ1v) is 5.13. The Morgan fingerprint density at radius 3 is 2.91 bits per heavy atom. The molecular formula is C6H11N3S2. The molecule has 1 rings (SSSR count). The lowest BCUT2D eigenvalue weighted by molar-refractivity contribution is 0.846. The number of hydrogen-bond donors (Lipinski definition) is 1. The van der Waals surface area contributed by atoms with Crippen molar-refractivity contribution in [2.75, 3.05) is 5.75 Å². The van der Waals surface area contributed by atoms with Gasteiger partial charge >= 0.3 is 0 Å². The van der Waals surface area contributed by atoms with Crippen molar-refractivity contribution in [3.8, 4) is 0 Å². The lowest BCUT2D eigenvalue weighted by Gasteiger charge is -1.99. The molecule has 3 nitrogen and oxygen atoms in total. The molecule has 2 N–H and O–H groups in total. The molecule has 0 bridgehead atoms. The van der Waals surface area contributed by atoms with Gasteiger partial charge in [0, 0.05) is 11.8 Å². The Labute approximate surface area is 74.6 Å². The highest BCUT2D eigenvalue weighted by Gasteiger charge is 2.01. The summed E-state index contributed by atoms with van der Waals surface area (Å²) in [5.41, 5.74) is 5.58. The zero-order valence-electron chi connectivity index (χ0n) is 6.57. The van der Waals surface area contributed by atoms with Crippen molar-refractivity contribution >= 4 is 23.3 Å². The summed E-state index contributed by atoms with van der Waals surface area (Å²) in [6, 6.07) is 0.226. The Morgan fingerprint density at radius 2 is 2.45 bits per heavy atom. The molecule has 62 valence electrons. The van der Waals surface area contributed by atoms with Gasteiger partial charge in [-0.2, -0.15) is 4.37 Å². The molecule has 0 spiro atoms. The molecule has 0 aromatic carbocycles. The third-order valence-corrected chi connectivity index (χ3v) is 3.19. The largest absolute Gasteiger partial charge is 0.327 e. The van der Waals surface area contributed by atoms with E-state index in [9.17, 15) is 0 Å². The molecule has 0 fully saturated rings. The third kappa shape index (κ3) is 3.18. The second-order valence-electron chi connectivity index (χ2n) is 2.40. The van der Waals surface area contributed by atoms with Crippen molar-refractivity contribution < 1.29 is 0 Å². The smallest absolute Gasteiger partial charge is 0.170 e. The first-order chi connectivity index (χ1) is 5.18. The van der Waals surface area contributed by atoms with Gasteiger partial charge in [0.15, 0.2) is 4.34 Å². The monoisotopic (exact) mass is 189 g/mol. The number of rotatable bonds is 3. The number of nitrogens with two attached hydrogens (primary N) is 1. The van der Waals surface area contributed by atoms with Gasteiger partial charge in [0.25, 0.3) is 0 Å². The van der Waals surface area contributed by atoms with E-state index in [1.165, 1.54) is 11.5 Å². The van der Waals surface area contributed by atoms with Crippen LogP contribution in [0.1, 0.15) is 12.7 Å². The van der Waals surface area contributed by atoms with E-state index in [0.29, 0.717) is 0 Å². The van der Waals surface area contributed by atoms with Crippen LogP contribution in [0.3, 0.4) is 0 Å². The lowest BCUT2D eigenvalue weighted by atomic mass is 10.4. The molecular weight excluding hydrogens is 178 g/mol. The van der Waals surface area contributed by atoms with Gasteiger partial charge in [0.2, 0.25) is 0 Å². The van der Waals surface area contributed by atoms with Crippen LogP contribution < -0.4 is 5.73 Å². The maximum absolute atomic E-state index is 5.58. The topological polar surface area (TPSA) is 51.8 Å². The SMILES string of the molecule is Cc1nsc(SC[C@@H](C)N)n1. The average molecular weight is 189 g/mol. The van der Waals surface area contributed by atoms with Gasteiger partial charge in [-0.15, -0.1) is 0 Å². The van der Waals surface area contributed by atoms with Crippen LogP contribution in [0, 0.1) is 6.92 Å². The molecule has 0 aliphatic carbocycles. The predicted octanol–water partition coefficient (Wildman–Crippen LogP) is 1.29. The second-order valence-corrected chi connectivity index (χ2v) is 4.41. The fraction of sp³-hybridized carbons (Fsp3) is 0.667. The maximum atomic E-state index is 5.58. The van der Waals surface area contributed by atoms with Crippen LogP contribution in [0.25, 0.3) is 0 Å². The summed E-state index contributed by atoms with van der Waals surface area (Å²) in [4.78, 5) is 4.20. The van der Waals surface area contributed by atoms with Crippen LogP contribution in [-0.2, 0) is 0 Å². The Hall–Kier alpha value is -0.130. The molecule has 0 radical (unpaired) electrons. The van der Waals surface area contributed by atoms with E-state index in [0.717, 1.165) is 15.9 Å². The summed E-state index contributed by atoms with van der Waals surface area (Å²) in [5, 5.41) is 0. The Morgan fingerprint density at radius 1 is 1.73 bits per heavy atom. The van der Waals surface area contributed by atoms with Gasteiger partial charge in [-0.05, 0) is 25.4 Å². The second kappa shape index (κ2) is 4.04. The number of aryl methyl sites for hydroxylation is 1. The number of nitrogens with zero attached hydrogens (tertiary/aromatic N) is 2. The molecule has 1 atom stereocenters. The van der Waals surface area contributed by atoms with E-state index in [1.807, 2.05) is 13.8 Å². The van der Waals surface area contributed by atoms with E-state index < -0.39 is 0 Å². The van der Waals surface area contributed by atoms with Crippen LogP contribution >= 0.6 is 23.3 Å². The molecule has 0 saturated carbocycles. The quantitative estimate of drug-likeness (QED) is 0.728. The van der Waals surface area contributed by atoms with Crippen LogP contribution in [0.4, 0.5) is 0 Å². The minimum Gasteiger partial charge on any atom is -0.327 e. The summed E-state index contributed by atoms with van der Waals surface area (Å²) >= 11 is 3.11. The average Bonchev–Trinajstić information content (AvgIpc) is 2.31. The fourth-order valence-corrected chi connectivity index (χ4v) is 2.09. The molecule has 0 saturated heterocycles. The summed E-state index contributed by atoms with van der Waals surface area (Å²) in [6.45, 7) is 3.88. The lowest BCUT2D eigenvalue weighted by Crippen LogP contribution is -2.17. The van der Waals surface area contributed by atoms with E-state index >= 15 is 0 Å². The van der Waals surface area contributed by atoms with Crippen molar-refractivity contribution in [1.82, 2.24) is 9.36 Å². The Bertz CT molecular complexity index is 221. The first-order valence-electron chi connectivity index (χ1n) is 3.37. The van der Waals surface area contributed by atoms with Crippen molar-refractivity contribution in [3.05, 3.63) is 5.82 Å². The van der Waals surface area contributed by atoms with Crippen LogP contribution in [0.15, 0.2) is 4.34 Å². The van der Waals surface area contributed by atoms with Crippen molar-refractivity contribution in [1.29, 1.82) is 0 Å². The minimum absolute atomic E-state index is 0.226. The van der Waals surface area contributed by atoms with E-state index in [2.05, 4.69) is 9.36 Å². The summed E-state index contributed by atoms with van der Waals surface area (Å²) < 4.78 is 5.08. The first kappa shape index (κ1) is 8.96.